The third kappa shape index (κ3) is 7.02. The summed E-state index contributed by atoms with van der Waals surface area (Å²) in [6.07, 6.45) is -1.32. The van der Waals surface area contributed by atoms with Gasteiger partial charge in [0.2, 0.25) is 5.91 Å². The van der Waals surface area contributed by atoms with Gasteiger partial charge in [0.1, 0.15) is 18.2 Å². The van der Waals surface area contributed by atoms with Crippen LogP contribution in [0.25, 0.3) is 11.1 Å². The van der Waals surface area contributed by atoms with Crippen LogP contribution in [0.3, 0.4) is 0 Å². The van der Waals surface area contributed by atoms with Crippen molar-refractivity contribution < 1.29 is 33.8 Å². The van der Waals surface area contributed by atoms with Gasteiger partial charge < -0.3 is 25.2 Å². The molecule has 3 amide bonds. The summed E-state index contributed by atoms with van der Waals surface area (Å²) in [7, 11) is 0. The number of carbonyl (C=O) groups is 4. The monoisotopic (exact) mass is 599 g/mol. The van der Waals surface area contributed by atoms with Crippen molar-refractivity contribution in [2.45, 2.75) is 63.8 Å². The first kappa shape index (κ1) is 30.6. The van der Waals surface area contributed by atoms with E-state index in [0.717, 1.165) is 22.3 Å². The Balaban J connectivity index is 1.24. The summed E-state index contributed by atoms with van der Waals surface area (Å²) in [6.45, 7) is 5.51. The van der Waals surface area contributed by atoms with E-state index in [1.807, 2.05) is 36.4 Å². The highest BCUT2D eigenvalue weighted by atomic mass is 16.6. The summed E-state index contributed by atoms with van der Waals surface area (Å²) in [5.74, 6) is -1.51. The largest absolute Gasteiger partial charge is 0.481 e. The molecule has 2 atom stereocenters. The first-order valence-corrected chi connectivity index (χ1v) is 14.7. The molecule has 0 unspecified atom stereocenters. The molecule has 3 N–H and O–H groups in total. The van der Waals surface area contributed by atoms with Gasteiger partial charge in [-0.2, -0.15) is 0 Å². The van der Waals surface area contributed by atoms with Crippen LogP contribution in [0.2, 0.25) is 0 Å². The molecule has 2 aliphatic rings. The molecule has 1 saturated heterocycles. The van der Waals surface area contributed by atoms with Crippen LogP contribution in [0.4, 0.5) is 9.59 Å². The number of likely N-dealkylation sites (tertiary alicyclic amines) is 1. The first-order chi connectivity index (χ1) is 21.0. The molecular formula is C34H37N3O7. The molecule has 3 aromatic carbocycles. The molecule has 0 aromatic heterocycles. The fourth-order valence-corrected chi connectivity index (χ4v) is 5.88. The smallest absolute Gasteiger partial charge is 0.411 e. The molecular weight excluding hydrogens is 562 g/mol. The van der Waals surface area contributed by atoms with Crippen LogP contribution in [0, 0.1) is 0 Å². The van der Waals surface area contributed by atoms with Crippen molar-refractivity contribution in [1.29, 1.82) is 0 Å². The number of amides is 3. The fourth-order valence-electron chi connectivity index (χ4n) is 5.88. The molecule has 1 heterocycles. The van der Waals surface area contributed by atoms with Gasteiger partial charge in [-0.25, -0.2) is 9.59 Å². The second kappa shape index (κ2) is 12.8. The van der Waals surface area contributed by atoms with Gasteiger partial charge in [0.15, 0.2) is 0 Å². The van der Waals surface area contributed by atoms with Gasteiger partial charge in [-0.15, -0.1) is 0 Å². The van der Waals surface area contributed by atoms with Crippen molar-refractivity contribution in [3.63, 3.8) is 0 Å². The van der Waals surface area contributed by atoms with Crippen LogP contribution in [0.15, 0.2) is 72.8 Å². The van der Waals surface area contributed by atoms with Crippen LogP contribution in [0.1, 0.15) is 55.4 Å². The zero-order chi connectivity index (χ0) is 31.4. The van der Waals surface area contributed by atoms with Crippen molar-refractivity contribution in [3.8, 4) is 11.1 Å². The van der Waals surface area contributed by atoms with Crippen molar-refractivity contribution >= 4 is 24.1 Å². The molecule has 0 saturated carbocycles. The van der Waals surface area contributed by atoms with E-state index in [4.69, 9.17) is 9.47 Å². The molecule has 10 nitrogen and oxygen atoms in total. The van der Waals surface area contributed by atoms with Crippen molar-refractivity contribution in [2.75, 3.05) is 13.2 Å². The summed E-state index contributed by atoms with van der Waals surface area (Å²) in [4.78, 5) is 52.0. The first-order valence-electron chi connectivity index (χ1n) is 14.7. The number of alkyl carbamates (subject to hydrolysis) is 1. The minimum absolute atomic E-state index is 0.0623. The second-order valence-electron chi connectivity index (χ2n) is 12.1. The summed E-state index contributed by atoms with van der Waals surface area (Å²) in [6, 6.07) is 21.6. The highest BCUT2D eigenvalue weighted by Crippen LogP contribution is 2.44. The van der Waals surface area contributed by atoms with E-state index < -0.39 is 41.7 Å². The molecule has 1 aliphatic heterocycles. The quantitative estimate of drug-likeness (QED) is 0.337. The topological polar surface area (TPSA) is 134 Å². The lowest BCUT2D eigenvalue weighted by molar-refractivity contribution is -0.136. The maximum Gasteiger partial charge on any atom is 0.411 e. The number of rotatable bonds is 8. The lowest BCUT2D eigenvalue weighted by atomic mass is 9.98. The maximum atomic E-state index is 13.4. The minimum atomic E-state index is -0.974. The third-order valence-electron chi connectivity index (χ3n) is 7.81. The number of nitrogens with zero attached hydrogens (tertiary/aromatic N) is 1. The van der Waals surface area contributed by atoms with Crippen LogP contribution in [-0.2, 0) is 32.0 Å². The maximum absolute atomic E-state index is 13.4. The van der Waals surface area contributed by atoms with Gasteiger partial charge in [0, 0.05) is 19.0 Å². The highest BCUT2D eigenvalue weighted by molar-refractivity contribution is 5.87. The van der Waals surface area contributed by atoms with E-state index in [1.54, 1.807) is 45.0 Å². The van der Waals surface area contributed by atoms with E-state index in [0.29, 0.717) is 11.1 Å². The molecule has 3 aromatic rings. The lowest BCUT2D eigenvalue weighted by Gasteiger charge is -2.28. The number of aliphatic carboxylic acids is 1. The molecule has 230 valence electrons. The number of carboxylic acids is 1. The van der Waals surface area contributed by atoms with Crippen molar-refractivity contribution in [1.82, 2.24) is 15.5 Å². The lowest BCUT2D eigenvalue weighted by Crippen LogP contribution is -2.47. The number of carboxylic acid groups (broad SMARTS) is 1. The van der Waals surface area contributed by atoms with Crippen LogP contribution >= 0.6 is 0 Å². The van der Waals surface area contributed by atoms with Gasteiger partial charge in [0.25, 0.3) is 0 Å². The summed E-state index contributed by atoms with van der Waals surface area (Å²) < 4.78 is 11.3. The summed E-state index contributed by atoms with van der Waals surface area (Å²) in [5, 5.41) is 14.9. The van der Waals surface area contributed by atoms with Gasteiger partial charge in [0.05, 0.1) is 12.5 Å². The van der Waals surface area contributed by atoms with Crippen LogP contribution < -0.4 is 10.6 Å². The average Bonchev–Trinajstić information content (AvgIpc) is 3.54. The third-order valence-corrected chi connectivity index (χ3v) is 7.81. The van der Waals surface area contributed by atoms with E-state index in [9.17, 15) is 24.3 Å². The van der Waals surface area contributed by atoms with E-state index in [2.05, 4.69) is 22.8 Å². The predicted octanol–water partition coefficient (Wildman–Crippen LogP) is 4.85. The molecule has 5 rings (SSSR count). The molecule has 1 fully saturated rings. The summed E-state index contributed by atoms with van der Waals surface area (Å²) in [5.41, 5.74) is 4.91. The molecule has 44 heavy (non-hydrogen) atoms. The van der Waals surface area contributed by atoms with Crippen molar-refractivity contribution in [3.05, 3.63) is 95.1 Å². The average molecular weight is 600 g/mol. The minimum Gasteiger partial charge on any atom is -0.481 e. The standard InChI is InChI=1S/C34H37N3O7/c1-34(2,3)44-33(42)37-19-23(17-29(37)31(40)35-18-22-11-5-4-10-21(22)16-30(38)39)36-32(41)43-20-28-26-14-8-6-12-24(26)25-13-7-9-15-27(25)28/h4-15,23,28-29H,16-20H2,1-3H3,(H,35,40)(H,36,41)(H,38,39)/t23-,29-/m0/s1. The number of nitrogens with one attached hydrogen (secondary N) is 2. The highest BCUT2D eigenvalue weighted by Gasteiger charge is 2.42. The Kier molecular flexibility index (Phi) is 8.89. The number of hydrogen-bond acceptors (Lipinski definition) is 6. The van der Waals surface area contributed by atoms with E-state index in [-0.39, 0.29) is 38.5 Å². The van der Waals surface area contributed by atoms with Crippen molar-refractivity contribution in [2.24, 2.45) is 0 Å². The Labute approximate surface area is 256 Å². The SMILES string of the molecule is CC(C)(C)OC(=O)N1C[C@@H](NC(=O)OCC2c3ccccc3-c3ccccc32)C[C@H]1C(=O)NCc1ccccc1CC(=O)O. The van der Waals surface area contributed by atoms with Gasteiger partial charge in [-0.3, -0.25) is 14.5 Å². The Morgan fingerprint density at radius 2 is 1.48 bits per heavy atom. The molecule has 10 heteroatoms. The second-order valence-corrected chi connectivity index (χ2v) is 12.1. The molecule has 1 aliphatic carbocycles. The summed E-state index contributed by atoms with van der Waals surface area (Å²) >= 11 is 0. The normalized spacial score (nSPS) is 17.4. The number of hydrogen-bond donors (Lipinski definition) is 3. The number of ether oxygens (including phenoxy) is 2. The Hall–Kier alpha value is -4.86. The fraction of sp³-hybridized carbons (Fsp3) is 0.353. The Morgan fingerprint density at radius 1 is 0.886 bits per heavy atom. The number of benzene rings is 3. The number of carbonyl (C=O) groups excluding carboxylic acids is 3. The van der Waals surface area contributed by atoms with E-state index >= 15 is 0 Å². The van der Waals surface area contributed by atoms with Gasteiger partial charge in [-0.05, 0) is 60.6 Å². The Bertz CT molecular complexity index is 1520. The van der Waals surface area contributed by atoms with Crippen LogP contribution in [0.5, 0.6) is 0 Å². The molecule has 0 spiro atoms. The zero-order valence-corrected chi connectivity index (χ0v) is 25.0. The predicted molar refractivity (Wildman–Crippen MR) is 163 cm³/mol. The van der Waals surface area contributed by atoms with Gasteiger partial charge >= 0.3 is 18.2 Å². The van der Waals surface area contributed by atoms with E-state index in [1.165, 1.54) is 4.90 Å². The Morgan fingerprint density at radius 3 is 2.09 bits per heavy atom. The molecule has 0 radical (unpaired) electrons. The van der Waals surface area contributed by atoms with Crippen LogP contribution in [-0.4, -0.2) is 64.9 Å². The molecule has 0 bridgehead atoms. The van der Waals surface area contributed by atoms with Gasteiger partial charge in [-0.1, -0.05) is 72.8 Å². The number of fused-ring (bicyclic) bond motifs is 3. The zero-order valence-electron chi connectivity index (χ0n) is 25.0.